The number of aliphatic hydroxyl groups is 1. The van der Waals surface area contributed by atoms with Crippen LogP contribution in [0.2, 0.25) is 0 Å². The first-order valence-corrected chi connectivity index (χ1v) is 17.3. The monoisotopic (exact) mass is 665 g/mol. The summed E-state index contributed by atoms with van der Waals surface area (Å²) in [7, 11) is 0. The third-order valence-electron chi connectivity index (χ3n) is 13.1. The van der Waals surface area contributed by atoms with Crippen molar-refractivity contribution >= 4 is 23.6 Å². The molecule has 0 bridgehead atoms. The lowest BCUT2D eigenvalue weighted by molar-refractivity contribution is -0.384. The molecular formula is C38H51NO9. The van der Waals surface area contributed by atoms with Crippen molar-refractivity contribution in [2.75, 3.05) is 0 Å². The first-order chi connectivity index (χ1) is 22.4. The molecule has 0 amide bonds. The van der Waals surface area contributed by atoms with Gasteiger partial charge in [-0.25, -0.2) is 9.59 Å². The Hall–Kier alpha value is -3.53. The van der Waals surface area contributed by atoms with Crippen LogP contribution in [0.5, 0.6) is 0 Å². The van der Waals surface area contributed by atoms with E-state index < -0.39 is 40.5 Å². The normalized spacial score (nSPS) is 38.0. The van der Waals surface area contributed by atoms with Crippen LogP contribution in [0.15, 0.2) is 47.1 Å². The topological polar surface area (TPSA) is 153 Å². The summed E-state index contributed by atoms with van der Waals surface area (Å²) in [5, 5.41) is 33.7. The van der Waals surface area contributed by atoms with Gasteiger partial charge in [0.25, 0.3) is 5.69 Å². The van der Waals surface area contributed by atoms with Crippen LogP contribution in [0.3, 0.4) is 0 Å². The largest absolute Gasteiger partial charge is 0.478 e. The number of aliphatic carboxylic acids is 1. The van der Waals surface area contributed by atoms with Crippen LogP contribution < -0.4 is 0 Å². The second-order valence-electron chi connectivity index (χ2n) is 15.8. The predicted octanol–water partition coefficient (Wildman–Crippen LogP) is 7.44. The minimum Gasteiger partial charge on any atom is -0.478 e. The Morgan fingerprint density at radius 1 is 1.02 bits per heavy atom. The number of carbonyl (C=O) groups excluding carboxylic acids is 2. The number of nitro benzene ring substituents is 1. The lowest BCUT2D eigenvalue weighted by atomic mass is 9.36. The summed E-state index contributed by atoms with van der Waals surface area (Å²) in [6.07, 6.45) is 5.19. The number of benzene rings is 1. The summed E-state index contributed by atoms with van der Waals surface area (Å²) < 4.78 is 12.0. The van der Waals surface area contributed by atoms with Gasteiger partial charge in [0.2, 0.25) is 0 Å². The van der Waals surface area contributed by atoms with Crippen molar-refractivity contribution in [2.24, 2.45) is 39.9 Å². The lowest BCUT2D eigenvalue weighted by Gasteiger charge is -2.69. The maximum Gasteiger partial charge on any atom is 0.338 e. The van der Waals surface area contributed by atoms with Gasteiger partial charge in [0, 0.05) is 24.6 Å². The number of fused-ring (bicyclic) bond motifs is 5. The summed E-state index contributed by atoms with van der Waals surface area (Å²) in [6.45, 7) is 14.2. The van der Waals surface area contributed by atoms with Crippen molar-refractivity contribution in [1.82, 2.24) is 0 Å². The number of nitrogens with zero attached hydrogens (tertiary/aromatic N) is 1. The molecule has 1 aromatic carbocycles. The minimum atomic E-state index is -0.999. The minimum absolute atomic E-state index is 0.0227. The number of hydrogen-bond donors (Lipinski definition) is 2. The molecule has 0 spiro atoms. The van der Waals surface area contributed by atoms with Gasteiger partial charge in [-0.15, -0.1) is 0 Å². The van der Waals surface area contributed by atoms with Crippen LogP contribution in [0.25, 0.3) is 0 Å². The molecule has 4 aliphatic rings. The van der Waals surface area contributed by atoms with E-state index in [1.54, 1.807) is 0 Å². The second-order valence-corrected chi connectivity index (χ2v) is 15.8. The van der Waals surface area contributed by atoms with Gasteiger partial charge >= 0.3 is 17.9 Å². The molecule has 10 nitrogen and oxygen atoms in total. The number of non-ortho nitro benzene ring substituents is 1. The molecule has 10 atom stereocenters. The molecule has 0 unspecified atom stereocenters. The average molecular weight is 666 g/mol. The molecule has 0 aromatic heterocycles. The van der Waals surface area contributed by atoms with E-state index in [-0.39, 0.29) is 51.9 Å². The number of allylic oxidation sites excluding steroid dienone is 2. The van der Waals surface area contributed by atoms with Crippen molar-refractivity contribution < 1.29 is 39.0 Å². The van der Waals surface area contributed by atoms with Crippen LogP contribution in [-0.2, 0) is 19.1 Å². The highest BCUT2D eigenvalue weighted by atomic mass is 16.6. The predicted molar refractivity (Wildman–Crippen MR) is 179 cm³/mol. The fourth-order valence-electron chi connectivity index (χ4n) is 10.9. The molecule has 5 rings (SSSR count). The third kappa shape index (κ3) is 5.98. The zero-order valence-corrected chi connectivity index (χ0v) is 29.3. The van der Waals surface area contributed by atoms with E-state index >= 15 is 0 Å². The fraction of sp³-hybridized carbons (Fsp3) is 0.658. The fourth-order valence-corrected chi connectivity index (χ4v) is 10.9. The Bertz CT molecular complexity index is 1530. The SMILES string of the molecule is CC(=O)O[C@H]1C[C@@]2(C)[C@@H](C[C@@H](O)[C@H]3[C@@]4(C)CC[C@@H](OC(=O)c5ccc([N+](=O)[O-])cc5)[C@@H](C)[C@@H]4CC[C@@]32C)/C1=C(\CCC=C(C)C)C(=O)O. The smallest absolute Gasteiger partial charge is 0.338 e. The van der Waals surface area contributed by atoms with E-state index in [2.05, 4.69) is 27.7 Å². The molecule has 4 saturated carbocycles. The van der Waals surface area contributed by atoms with Gasteiger partial charge in [-0.1, -0.05) is 39.3 Å². The van der Waals surface area contributed by atoms with Gasteiger partial charge in [-0.05, 0) is 123 Å². The molecule has 4 aliphatic carbocycles. The molecule has 2 N–H and O–H groups in total. The summed E-state index contributed by atoms with van der Waals surface area (Å²) in [5.41, 5.74) is 1.20. The first-order valence-electron chi connectivity index (χ1n) is 17.3. The van der Waals surface area contributed by atoms with Gasteiger partial charge in [0.15, 0.2) is 0 Å². The van der Waals surface area contributed by atoms with Crippen LogP contribution in [-0.4, -0.2) is 51.4 Å². The zero-order chi connectivity index (χ0) is 35.3. The second kappa shape index (κ2) is 13.1. The molecule has 0 aliphatic heterocycles. The lowest BCUT2D eigenvalue weighted by Crippen LogP contribution is -2.65. The number of aliphatic hydroxyl groups excluding tert-OH is 1. The Kier molecular flexibility index (Phi) is 9.74. The number of rotatable bonds is 8. The number of hydrogen-bond acceptors (Lipinski definition) is 8. The standard InChI is InChI=1S/C38H51NO9/c1-21(2)9-8-10-26(34(42)43)32-28-19-29(41)33-36(5)17-16-30(48-35(44)24-11-13-25(14-12-24)39(45)46)22(3)27(36)15-18-37(33,6)38(28,7)20-31(32)47-23(4)40/h9,11-14,22,27-31,33,41H,8,10,15-20H2,1-7H3,(H,42,43)/b32-26-/t22-,27-,28-,29+,30+,31-,33-,36-,37-,38-/m0/s1. The van der Waals surface area contributed by atoms with Crippen LogP contribution in [0.4, 0.5) is 5.69 Å². The van der Waals surface area contributed by atoms with Crippen LogP contribution in [0.1, 0.15) is 110 Å². The number of carbonyl (C=O) groups is 3. The van der Waals surface area contributed by atoms with E-state index in [4.69, 9.17) is 9.47 Å². The summed E-state index contributed by atoms with van der Waals surface area (Å²) >= 11 is 0. The molecule has 4 fully saturated rings. The molecule has 262 valence electrons. The molecule has 1 aromatic rings. The molecule has 10 heteroatoms. The van der Waals surface area contributed by atoms with Crippen molar-refractivity contribution in [2.45, 2.75) is 118 Å². The summed E-state index contributed by atoms with van der Waals surface area (Å²) in [4.78, 5) is 48.8. The molecule has 0 heterocycles. The van der Waals surface area contributed by atoms with Gasteiger partial charge in [0.05, 0.1) is 16.6 Å². The van der Waals surface area contributed by atoms with Crippen molar-refractivity contribution in [3.05, 3.63) is 62.7 Å². The van der Waals surface area contributed by atoms with Gasteiger partial charge in [-0.3, -0.25) is 14.9 Å². The van der Waals surface area contributed by atoms with E-state index in [1.165, 1.54) is 31.2 Å². The van der Waals surface area contributed by atoms with Gasteiger partial charge in [-0.2, -0.15) is 0 Å². The Labute approximate surface area is 283 Å². The number of carboxylic acids is 1. The maximum absolute atomic E-state index is 13.1. The number of esters is 2. The van der Waals surface area contributed by atoms with Crippen LogP contribution in [0, 0.1) is 50.0 Å². The highest BCUT2D eigenvalue weighted by Gasteiger charge is 2.71. The molecule has 48 heavy (non-hydrogen) atoms. The van der Waals surface area contributed by atoms with Gasteiger partial charge < -0.3 is 19.7 Å². The van der Waals surface area contributed by atoms with E-state index in [1.807, 2.05) is 19.9 Å². The van der Waals surface area contributed by atoms with Crippen molar-refractivity contribution in [3.63, 3.8) is 0 Å². The van der Waals surface area contributed by atoms with E-state index in [0.29, 0.717) is 43.3 Å². The summed E-state index contributed by atoms with van der Waals surface area (Å²) in [6, 6.07) is 5.45. The Morgan fingerprint density at radius 3 is 2.27 bits per heavy atom. The Morgan fingerprint density at radius 2 is 1.69 bits per heavy atom. The number of ether oxygens (including phenoxy) is 2. The average Bonchev–Trinajstić information content (AvgIpc) is 3.27. The molecule has 0 saturated heterocycles. The third-order valence-corrected chi connectivity index (χ3v) is 13.1. The van der Waals surface area contributed by atoms with E-state index in [0.717, 1.165) is 24.8 Å². The molecule has 0 radical (unpaired) electrons. The highest BCUT2D eigenvalue weighted by Crippen LogP contribution is 2.74. The number of nitro groups is 1. The van der Waals surface area contributed by atoms with E-state index in [9.17, 15) is 34.7 Å². The Balaban J connectivity index is 1.45. The van der Waals surface area contributed by atoms with Crippen molar-refractivity contribution in [1.29, 1.82) is 0 Å². The molecular weight excluding hydrogens is 614 g/mol. The number of carboxylic acid groups (broad SMARTS) is 1. The van der Waals surface area contributed by atoms with Gasteiger partial charge in [0.1, 0.15) is 12.2 Å². The zero-order valence-electron chi connectivity index (χ0n) is 29.3. The van der Waals surface area contributed by atoms with Crippen molar-refractivity contribution in [3.8, 4) is 0 Å². The van der Waals surface area contributed by atoms with Crippen LogP contribution >= 0.6 is 0 Å². The summed E-state index contributed by atoms with van der Waals surface area (Å²) in [5.74, 6) is -2.08. The maximum atomic E-state index is 13.1. The highest BCUT2D eigenvalue weighted by molar-refractivity contribution is 5.90. The quantitative estimate of drug-likeness (QED) is 0.0948. The first kappa shape index (κ1) is 35.8.